The second kappa shape index (κ2) is 6.39. The smallest absolute Gasteiger partial charge is 0.185 e. The predicted molar refractivity (Wildman–Crippen MR) is 67.8 cm³/mol. The van der Waals surface area contributed by atoms with Crippen molar-refractivity contribution in [1.29, 1.82) is 0 Å². The molecule has 0 aromatic carbocycles. The van der Waals surface area contributed by atoms with Gasteiger partial charge in [-0.1, -0.05) is 11.8 Å². The Hall–Kier alpha value is -0.360. The predicted octanol–water partition coefficient (Wildman–Crippen LogP) is 2.12. The molecular formula is C11H16O3S2. The molecule has 3 nitrogen and oxygen atoms in total. The number of rotatable bonds is 5. The van der Waals surface area contributed by atoms with E-state index in [1.807, 2.05) is 19.1 Å². The fourth-order valence-corrected chi connectivity index (χ4v) is 2.85. The summed E-state index contributed by atoms with van der Waals surface area (Å²) < 4.78 is 0. The number of aryl methyl sites for hydroxylation is 1. The van der Waals surface area contributed by atoms with Crippen LogP contribution in [0, 0.1) is 6.92 Å². The molecule has 2 N–H and O–H groups in total. The highest BCUT2D eigenvalue weighted by molar-refractivity contribution is 8.13. The maximum absolute atomic E-state index is 10.7. The lowest BCUT2D eigenvalue weighted by Crippen LogP contribution is -2.18. The molecule has 0 saturated heterocycles. The summed E-state index contributed by atoms with van der Waals surface area (Å²) in [7, 11) is 0. The quantitative estimate of drug-likeness (QED) is 0.851. The molecule has 1 aromatic rings. The van der Waals surface area contributed by atoms with Gasteiger partial charge in [0.15, 0.2) is 5.12 Å². The molecule has 0 amide bonds. The van der Waals surface area contributed by atoms with Crippen molar-refractivity contribution in [3.63, 3.8) is 0 Å². The van der Waals surface area contributed by atoms with Crippen LogP contribution in [-0.2, 0) is 4.79 Å². The van der Waals surface area contributed by atoms with Crippen LogP contribution < -0.4 is 0 Å². The Morgan fingerprint density at radius 2 is 2.19 bits per heavy atom. The van der Waals surface area contributed by atoms with E-state index in [-0.39, 0.29) is 5.12 Å². The molecule has 0 saturated carbocycles. The molecule has 0 aliphatic rings. The van der Waals surface area contributed by atoms with Gasteiger partial charge in [-0.05, 0) is 25.5 Å². The Balaban J connectivity index is 2.41. The van der Waals surface area contributed by atoms with E-state index in [1.165, 1.54) is 30.0 Å². The number of thioether (sulfide) groups is 1. The van der Waals surface area contributed by atoms with E-state index in [2.05, 4.69) is 0 Å². The lowest BCUT2D eigenvalue weighted by Gasteiger charge is -2.15. The third-order valence-electron chi connectivity index (χ3n) is 2.14. The Morgan fingerprint density at radius 3 is 2.69 bits per heavy atom. The molecule has 5 heteroatoms. The molecule has 0 aliphatic heterocycles. The average molecular weight is 260 g/mol. The fraction of sp³-hybridized carbons (Fsp3) is 0.545. The van der Waals surface area contributed by atoms with Gasteiger partial charge >= 0.3 is 0 Å². The summed E-state index contributed by atoms with van der Waals surface area (Å²) in [5, 5.41) is 19.6. The van der Waals surface area contributed by atoms with E-state index in [9.17, 15) is 15.0 Å². The zero-order valence-electron chi connectivity index (χ0n) is 9.34. The minimum atomic E-state index is -0.841. The number of aliphatic hydroxyl groups is 2. The van der Waals surface area contributed by atoms with Crippen LogP contribution in [0.25, 0.3) is 0 Å². The summed E-state index contributed by atoms with van der Waals surface area (Å²) in [5.74, 6) is 0.540. The summed E-state index contributed by atoms with van der Waals surface area (Å²) in [6.45, 7) is 3.45. The Kier molecular flexibility index (Phi) is 5.48. The van der Waals surface area contributed by atoms with E-state index in [0.29, 0.717) is 12.2 Å². The summed E-state index contributed by atoms with van der Waals surface area (Å²) in [6.07, 6.45) is -1.22. The second-order valence-corrected chi connectivity index (χ2v) is 6.18. The highest BCUT2D eigenvalue weighted by Gasteiger charge is 2.19. The van der Waals surface area contributed by atoms with Crippen LogP contribution in [0.2, 0.25) is 0 Å². The molecule has 0 bridgehead atoms. The molecular weight excluding hydrogens is 244 g/mol. The number of hydrogen-bond acceptors (Lipinski definition) is 5. The van der Waals surface area contributed by atoms with Gasteiger partial charge in [0.25, 0.3) is 0 Å². The molecule has 0 radical (unpaired) electrons. The zero-order chi connectivity index (χ0) is 12.1. The van der Waals surface area contributed by atoms with Gasteiger partial charge in [-0.2, -0.15) is 0 Å². The molecule has 0 fully saturated rings. The van der Waals surface area contributed by atoms with E-state index in [1.54, 1.807) is 0 Å². The minimum absolute atomic E-state index is 0.0358. The average Bonchev–Trinajstić information content (AvgIpc) is 2.63. The SMILES string of the molecule is CC(=O)SCCC(O)C(O)c1ccc(C)s1. The molecule has 2 atom stereocenters. The van der Waals surface area contributed by atoms with Crippen LogP contribution in [0.4, 0.5) is 0 Å². The molecule has 1 aromatic heterocycles. The van der Waals surface area contributed by atoms with Crippen molar-refractivity contribution in [2.24, 2.45) is 0 Å². The number of thiophene rings is 1. The van der Waals surface area contributed by atoms with E-state index >= 15 is 0 Å². The van der Waals surface area contributed by atoms with Crippen LogP contribution >= 0.6 is 23.1 Å². The van der Waals surface area contributed by atoms with Crippen molar-refractivity contribution in [1.82, 2.24) is 0 Å². The molecule has 1 rings (SSSR count). The first-order valence-corrected chi connectivity index (χ1v) is 6.86. The molecule has 0 spiro atoms. The zero-order valence-corrected chi connectivity index (χ0v) is 11.0. The van der Waals surface area contributed by atoms with Crippen LogP contribution in [0.3, 0.4) is 0 Å². The maximum Gasteiger partial charge on any atom is 0.185 e. The lowest BCUT2D eigenvalue weighted by molar-refractivity contribution is -0.109. The normalized spacial score (nSPS) is 14.8. The molecule has 90 valence electrons. The van der Waals surface area contributed by atoms with Crippen molar-refractivity contribution < 1.29 is 15.0 Å². The van der Waals surface area contributed by atoms with Crippen molar-refractivity contribution in [2.75, 3.05) is 5.75 Å². The second-order valence-electron chi connectivity index (χ2n) is 3.59. The first kappa shape index (κ1) is 13.7. The van der Waals surface area contributed by atoms with Gasteiger partial charge < -0.3 is 10.2 Å². The first-order chi connectivity index (χ1) is 7.50. The lowest BCUT2D eigenvalue weighted by atomic mass is 10.1. The monoisotopic (exact) mass is 260 g/mol. The first-order valence-electron chi connectivity index (χ1n) is 5.06. The number of aliphatic hydroxyl groups excluding tert-OH is 2. The van der Waals surface area contributed by atoms with Crippen molar-refractivity contribution >= 4 is 28.2 Å². The number of carbonyl (C=O) groups excluding carboxylic acids is 1. The highest BCUT2D eigenvalue weighted by atomic mass is 32.2. The molecule has 2 unspecified atom stereocenters. The maximum atomic E-state index is 10.7. The van der Waals surface area contributed by atoms with Crippen molar-refractivity contribution in [3.05, 3.63) is 21.9 Å². The minimum Gasteiger partial charge on any atom is -0.390 e. The van der Waals surface area contributed by atoms with E-state index < -0.39 is 12.2 Å². The summed E-state index contributed by atoms with van der Waals surface area (Å²) in [5.41, 5.74) is 0. The van der Waals surface area contributed by atoms with Crippen molar-refractivity contribution in [2.45, 2.75) is 32.5 Å². The largest absolute Gasteiger partial charge is 0.390 e. The fourth-order valence-electron chi connectivity index (χ4n) is 1.28. The molecule has 16 heavy (non-hydrogen) atoms. The molecule has 0 aliphatic carbocycles. The van der Waals surface area contributed by atoms with Crippen LogP contribution in [-0.4, -0.2) is 27.2 Å². The standard InChI is InChI=1S/C11H16O3S2/c1-7-3-4-10(16-7)11(14)9(13)5-6-15-8(2)12/h3-4,9,11,13-14H,5-6H2,1-2H3. The van der Waals surface area contributed by atoms with E-state index in [0.717, 1.165) is 9.75 Å². The Labute approximate surface area is 103 Å². The van der Waals surface area contributed by atoms with Gasteiger partial charge in [0.1, 0.15) is 6.10 Å². The number of hydrogen-bond donors (Lipinski definition) is 2. The van der Waals surface area contributed by atoms with Gasteiger partial charge in [-0.25, -0.2) is 0 Å². The topological polar surface area (TPSA) is 57.5 Å². The highest BCUT2D eigenvalue weighted by Crippen LogP contribution is 2.26. The Bertz CT molecular complexity index is 349. The van der Waals surface area contributed by atoms with Crippen molar-refractivity contribution in [3.8, 4) is 0 Å². The van der Waals surface area contributed by atoms with Crippen LogP contribution in [0.1, 0.15) is 29.2 Å². The van der Waals surface area contributed by atoms with Crippen LogP contribution in [0.5, 0.6) is 0 Å². The van der Waals surface area contributed by atoms with Gasteiger partial charge in [0.05, 0.1) is 6.10 Å². The van der Waals surface area contributed by atoms with Crippen LogP contribution in [0.15, 0.2) is 12.1 Å². The van der Waals surface area contributed by atoms with E-state index in [4.69, 9.17) is 0 Å². The van der Waals surface area contributed by atoms with Gasteiger partial charge in [0, 0.05) is 22.4 Å². The third-order valence-corrected chi connectivity index (χ3v) is 4.05. The summed E-state index contributed by atoms with van der Waals surface area (Å²) >= 11 is 2.65. The Morgan fingerprint density at radius 1 is 1.50 bits per heavy atom. The van der Waals surface area contributed by atoms with Gasteiger partial charge in [-0.3, -0.25) is 4.79 Å². The van der Waals surface area contributed by atoms with Gasteiger partial charge in [-0.15, -0.1) is 11.3 Å². The van der Waals surface area contributed by atoms with Gasteiger partial charge in [0.2, 0.25) is 0 Å². The summed E-state index contributed by atoms with van der Waals surface area (Å²) in [4.78, 5) is 12.6. The number of carbonyl (C=O) groups is 1. The molecule has 1 heterocycles. The summed E-state index contributed by atoms with van der Waals surface area (Å²) in [6, 6.07) is 3.74. The third kappa shape index (κ3) is 4.25.